The normalized spacial score (nSPS) is 22.2. The van der Waals surface area contributed by atoms with Crippen molar-refractivity contribution < 1.29 is 18.9 Å². The number of hydrogen-bond acceptors (Lipinski definition) is 4. The molecule has 0 amide bonds. The molecule has 4 nitrogen and oxygen atoms in total. The van der Waals surface area contributed by atoms with Gasteiger partial charge in [0.15, 0.2) is 0 Å². The number of hydrogen-bond donors (Lipinski definition) is 0. The van der Waals surface area contributed by atoms with Crippen LogP contribution in [0.5, 0.6) is 11.5 Å². The van der Waals surface area contributed by atoms with E-state index in [-0.39, 0.29) is 12.2 Å². The summed E-state index contributed by atoms with van der Waals surface area (Å²) in [5.74, 6) is 1.76. The Morgan fingerprint density at radius 2 is 1.05 bits per heavy atom. The number of epoxide rings is 2. The second-order valence-corrected chi connectivity index (χ2v) is 5.58. The average molecular weight is 298 g/mol. The molecular weight excluding hydrogens is 280 g/mol. The molecule has 0 aliphatic carbocycles. The van der Waals surface area contributed by atoms with Gasteiger partial charge in [-0.15, -0.1) is 0 Å². The monoisotopic (exact) mass is 298 g/mol. The third kappa shape index (κ3) is 3.59. The van der Waals surface area contributed by atoms with Crippen LogP contribution in [-0.4, -0.2) is 38.6 Å². The lowest BCUT2D eigenvalue weighted by Gasteiger charge is -2.08. The fourth-order valence-corrected chi connectivity index (χ4v) is 2.19. The van der Waals surface area contributed by atoms with E-state index in [1.54, 1.807) is 0 Å². The molecule has 4 rings (SSSR count). The predicted molar refractivity (Wildman–Crippen MR) is 82.3 cm³/mol. The van der Waals surface area contributed by atoms with Crippen LogP contribution < -0.4 is 9.47 Å². The Morgan fingerprint density at radius 1 is 0.682 bits per heavy atom. The van der Waals surface area contributed by atoms with Gasteiger partial charge in [0.05, 0.1) is 13.2 Å². The van der Waals surface area contributed by atoms with Crippen LogP contribution in [-0.2, 0) is 9.47 Å². The number of rotatable bonds is 7. The van der Waals surface area contributed by atoms with Crippen molar-refractivity contribution in [1.29, 1.82) is 0 Å². The lowest BCUT2D eigenvalue weighted by molar-refractivity contribution is 0.263. The summed E-state index contributed by atoms with van der Waals surface area (Å²) in [6, 6.07) is 16.2. The Hall–Kier alpha value is -2.04. The SMILES string of the molecule is c1cc(-c2ccc(OCC3CO3)cc2)ccc1OCC1CO1. The zero-order chi connectivity index (χ0) is 14.8. The molecule has 22 heavy (non-hydrogen) atoms. The van der Waals surface area contributed by atoms with E-state index in [0.29, 0.717) is 13.2 Å². The molecule has 2 aliphatic heterocycles. The summed E-state index contributed by atoms with van der Waals surface area (Å²) < 4.78 is 21.5. The molecule has 2 aromatic carbocycles. The maximum Gasteiger partial charge on any atom is 0.119 e. The third-order valence-electron chi connectivity index (χ3n) is 3.72. The molecule has 0 saturated carbocycles. The standard InChI is InChI=1S/C18H18O4/c1-5-15(19-9-17-11-21-17)6-2-13(1)14-3-7-16(8-4-14)20-10-18-12-22-18/h1-8,17-18H,9-12H2. The van der Waals surface area contributed by atoms with Crippen molar-refractivity contribution in [2.24, 2.45) is 0 Å². The van der Waals surface area contributed by atoms with Gasteiger partial charge in [0.1, 0.15) is 36.9 Å². The van der Waals surface area contributed by atoms with Gasteiger partial charge in [-0.2, -0.15) is 0 Å². The summed E-state index contributed by atoms with van der Waals surface area (Å²) in [5.41, 5.74) is 2.32. The van der Waals surface area contributed by atoms with Gasteiger partial charge in [0.2, 0.25) is 0 Å². The van der Waals surface area contributed by atoms with Crippen molar-refractivity contribution >= 4 is 0 Å². The summed E-state index contributed by atoms with van der Waals surface area (Å²) in [6.07, 6.45) is 0.571. The molecule has 0 spiro atoms. The highest BCUT2D eigenvalue weighted by Crippen LogP contribution is 2.25. The first-order valence-corrected chi connectivity index (χ1v) is 7.56. The summed E-state index contributed by atoms with van der Waals surface area (Å²) in [5, 5.41) is 0. The lowest BCUT2D eigenvalue weighted by atomic mass is 10.1. The first kappa shape index (κ1) is 13.6. The molecule has 114 valence electrons. The van der Waals surface area contributed by atoms with E-state index in [0.717, 1.165) is 35.8 Å². The summed E-state index contributed by atoms with van der Waals surface area (Å²) >= 11 is 0. The Bertz CT molecular complexity index is 555. The van der Waals surface area contributed by atoms with Gasteiger partial charge < -0.3 is 18.9 Å². The van der Waals surface area contributed by atoms with Crippen LogP contribution >= 0.6 is 0 Å². The molecule has 0 bridgehead atoms. The minimum Gasteiger partial charge on any atom is -0.491 e. The van der Waals surface area contributed by atoms with Crippen molar-refractivity contribution in [3.63, 3.8) is 0 Å². The van der Waals surface area contributed by atoms with Crippen LogP contribution in [0.2, 0.25) is 0 Å². The highest BCUT2D eigenvalue weighted by Gasteiger charge is 2.23. The molecule has 4 heteroatoms. The smallest absolute Gasteiger partial charge is 0.119 e. The van der Waals surface area contributed by atoms with E-state index in [4.69, 9.17) is 18.9 Å². The van der Waals surface area contributed by atoms with Gasteiger partial charge in [0, 0.05) is 0 Å². The molecule has 2 heterocycles. The molecule has 2 atom stereocenters. The quantitative estimate of drug-likeness (QED) is 0.737. The second kappa shape index (κ2) is 5.99. The Balaban J connectivity index is 1.37. The van der Waals surface area contributed by atoms with Gasteiger partial charge in [-0.05, 0) is 35.4 Å². The molecule has 0 N–H and O–H groups in total. The average Bonchev–Trinajstić information content (AvgIpc) is 3.47. The summed E-state index contributed by atoms with van der Waals surface area (Å²) in [7, 11) is 0. The highest BCUT2D eigenvalue weighted by molar-refractivity contribution is 5.64. The first-order chi connectivity index (χ1) is 10.9. The van der Waals surface area contributed by atoms with E-state index < -0.39 is 0 Å². The van der Waals surface area contributed by atoms with E-state index in [1.165, 1.54) is 0 Å². The van der Waals surface area contributed by atoms with Crippen LogP contribution in [0.3, 0.4) is 0 Å². The minimum absolute atomic E-state index is 0.285. The molecular formula is C18H18O4. The molecule has 2 unspecified atom stereocenters. The van der Waals surface area contributed by atoms with Crippen molar-refractivity contribution in [2.45, 2.75) is 12.2 Å². The van der Waals surface area contributed by atoms with Crippen LogP contribution in [0.25, 0.3) is 11.1 Å². The highest BCUT2D eigenvalue weighted by atomic mass is 16.6. The molecule has 0 radical (unpaired) electrons. The minimum atomic E-state index is 0.285. The summed E-state index contributed by atoms with van der Waals surface area (Å²) in [6.45, 7) is 2.91. The van der Waals surface area contributed by atoms with E-state index >= 15 is 0 Å². The Labute approximate surface area is 129 Å². The third-order valence-corrected chi connectivity index (χ3v) is 3.72. The Morgan fingerprint density at radius 3 is 1.36 bits per heavy atom. The first-order valence-electron chi connectivity index (χ1n) is 7.56. The summed E-state index contributed by atoms with van der Waals surface area (Å²) in [4.78, 5) is 0. The van der Waals surface area contributed by atoms with Crippen molar-refractivity contribution in [1.82, 2.24) is 0 Å². The van der Waals surface area contributed by atoms with E-state index in [9.17, 15) is 0 Å². The van der Waals surface area contributed by atoms with Gasteiger partial charge >= 0.3 is 0 Å². The molecule has 0 aromatic heterocycles. The van der Waals surface area contributed by atoms with Crippen LogP contribution in [0.1, 0.15) is 0 Å². The lowest BCUT2D eigenvalue weighted by Crippen LogP contribution is -2.03. The molecule has 2 fully saturated rings. The van der Waals surface area contributed by atoms with Gasteiger partial charge in [-0.1, -0.05) is 24.3 Å². The molecule has 2 aromatic rings. The maximum atomic E-state index is 5.64. The zero-order valence-corrected chi connectivity index (χ0v) is 12.2. The topological polar surface area (TPSA) is 43.5 Å². The van der Waals surface area contributed by atoms with Crippen molar-refractivity contribution in [3.8, 4) is 22.6 Å². The zero-order valence-electron chi connectivity index (χ0n) is 12.2. The van der Waals surface area contributed by atoms with E-state index in [2.05, 4.69) is 24.3 Å². The largest absolute Gasteiger partial charge is 0.491 e. The predicted octanol–water partition coefficient (Wildman–Crippen LogP) is 2.91. The van der Waals surface area contributed by atoms with Crippen molar-refractivity contribution in [2.75, 3.05) is 26.4 Å². The van der Waals surface area contributed by atoms with Crippen LogP contribution in [0, 0.1) is 0 Å². The number of ether oxygens (including phenoxy) is 4. The fraction of sp³-hybridized carbons (Fsp3) is 0.333. The van der Waals surface area contributed by atoms with Crippen LogP contribution in [0.15, 0.2) is 48.5 Å². The Kier molecular flexibility index (Phi) is 3.70. The second-order valence-electron chi connectivity index (χ2n) is 5.58. The maximum absolute atomic E-state index is 5.64. The molecule has 2 saturated heterocycles. The molecule has 2 aliphatic rings. The van der Waals surface area contributed by atoms with Crippen LogP contribution in [0.4, 0.5) is 0 Å². The number of benzene rings is 2. The van der Waals surface area contributed by atoms with E-state index in [1.807, 2.05) is 24.3 Å². The van der Waals surface area contributed by atoms with Crippen molar-refractivity contribution in [3.05, 3.63) is 48.5 Å². The van der Waals surface area contributed by atoms with Gasteiger partial charge in [-0.25, -0.2) is 0 Å². The van der Waals surface area contributed by atoms with Gasteiger partial charge in [0.25, 0.3) is 0 Å². The fourth-order valence-electron chi connectivity index (χ4n) is 2.19. The van der Waals surface area contributed by atoms with Gasteiger partial charge in [-0.3, -0.25) is 0 Å².